The minimum Gasteiger partial charge on any atom is -0.420 e. The molecule has 0 aliphatic carbocycles. The fourth-order valence-electron chi connectivity index (χ4n) is 3.66. The van der Waals surface area contributed by atoms with Gasteiger partial charge in [-0.3, -0.25) is 4.79 Å². The second-order valence-corrected chi connectivity index (χ2v) is 8.18. The number of morpholine rings is 1. The van der Waals surface area contributed by atoms with Crippen LogP contribution in [0, 0.1) is 0 Å². The van der Waals surface area contributed by atoms with Gasteiger partial charge in [0.1, 0.15) is 11.6 Å². The molecule has 2 fully saturated rings. The highest BCUT2D eigenvalue weighted by atomic mass is 79.9. The first-order chi connectivity index (χ1) is 13.8. The number of carbonyl (C=O) groups excluding carboxylic acids is 1. The van der Waals surface area contributed by atoms with Crippen LogP contribution < -0.4 is 15.0 Å². The van der Waals surface area contributed by atoms with Crippen molar-refractivity contribution in [1.82, 2.24) is 4.98 Å². The van der Waals surface area contributed by atoms with Crippen molar-refractivity contribution in [1.29, 1.82) is 0 Å². The number of nitrogens with zero attached hydrogens (tertiary/aromatic N) is 2. The number of carbonyl (C=O) groups is 1. The molecule has 10 heteroatoms. The summed E-state index contributed by atoms with van der Waals surface area (Å²) >= 11 is 8.26. The number of anilines is 2. The Hall–Kier alpha value is -1.97. The third kappa shape index (κ3) is 4.62. The van der Waals surface area contributed by atoms with Crippen LogP contribution in [0.1, 0.15) is 23.2 Å². The lowest BCUT2D eigenvalue weighted by Gasteiger charge is -2.36. The number of alkyl halides is 3. The number of pyridine rings is 1. The second kappa shape index (κ2) is 8.04. The molecule has 1 aromatic heterocycles. The molecule has 2 aliphatic rings. The molecule has 1 N–H and O–H groups in total. The van der Waals surface area contributed by atoms with Crippen LogP contribution in [-0.4, -0.2) is 41.8 Å². The topological polar surface area (TPSA) is 63.7 Å². The Morgan fingerprint density at radius 3 is 2.52 bits per heavy atom. The summed E-state index contributed by atoms with van der Waals surface area (Å²) in [4.78, 5) is 19.3. The van der Waals surface area contributed by atoms with E-state index in [-0.39, 0.29) is 11.7 Å². The number of fused-ring (bicyclic) bond motifs is 2. The number of nitrogens with one attached hydrogen (secondary N) is 1. The first kappa shape index (κ1) is 20.3. The highest BCUT2D eigenvalue weighted by Gasteiger charge is 2.39. The van der Waals surface area contributed by atoms with E-state index < -0.39 is 5.57 Å². The van der Waals surface area contributed by atoms with Crippen LogP contribution in [-0.2, 0) is 4.74 Å². The molecule has 3 heterocycles. The lowest BCUT2D eigenvalue weighted by molar-refractivity contribution is -0.0964. The summed E-state index contributed by atoms with van der Waals surface area (Å²) in [6.45, 7) is 1.37. The highest BCUT2D eigenvalue weighted by Crippen LogP contribution is 2.36. The molecule has 29 heavy (non-hydrogen) atoms. The zero-order valence-corrected chi connectivity index (χ0v) is 17.4. The molecule has 154 valence electrons. The summed E-state index contributed by atoms with van der Waals surface area (Å²) in [6, 6.07) is 7.79. The Morgan fingerprint density at radius 1 is 1.28 bits per heavy atom. The molecule has 2 unspecified atom stereocenters. The molecule has 1 amide bonds. The van der Waals surface area contributed by atoms with Crippen LogP contribution in [0.2, 0.25) is 0 Å². The van der Waals surface area contributed by atoms with E-state index in [1.165, 1.54) is 30.5 Å². The molecule has 0 saturated carbocycles. The molecule has 2 saturated heterocycles. The first-order valence-corrected chi connectivity index (χ1v) is 10.2. The third-order valence-electron chi connectivity index (χ3n) is 4.91. The summed E-state index contributed by atoms with van der Waals surface area (Å²) in [5, 5.41) is 2.69. The number of halogens is 4. The minimum absolute atomic E-state index is 0.114. The Morgan fingerprint density at radius 2 is 1.93 bits per heavy atom. The number of hydrogen-bond donors (Lipinski definition) is 1. The van der Waals surface area contributed by atoms with E-state index in [4.69, 9.17) is 16.3 Å². The summed E-state index contributed by atoms with van der Waals surface area (Å²) in [5.41, 5.74) is -3.00. The average Bonchev–Trinajstić information content (AvgIpc) is 2.90. The van der Waals surface area contributed by atoms with Gasteiger partial charge in [-0.25, -0.2) is 4.98 Å². The van der Waals surface area contributed by atoms with E-state index in [0.29, 0.717) is 36.5 Å². The van der Waals surface area contributed by atoms with E-state index in [0.717, 1.165) is 23.1 Å². The quantitative estimate of drug-likeness (QED) is 0.622. The van der Waals surface area contributed by atoms with Gasteiger partial charge in [-0.05, 0) is 59.1 Å². The predicted molar refractivity (Wildman–Crippen MR) is 108 cm³/mol. The van der Waals surface area contributed by atoms with Crippen molar-refractivity contribution >= 4 is 44.9 Å². The van der Waals surface area contributed by atoms with Gasteiger partial charge in [-0.2, -0.15) is 0 Å². The monoisotopic (exact) mass is 487 g/mol. The van der Waals surface area contributed by atoms with E-state index in [2.05, 4.69) is 35.9 Å². The van der Waals surface area contributed by atoms with E-state index in [1.807, 2.05) is 0 Å². The summed E-state index contributed by atoms with van der Waals surface area (Å²) in [7, 11) is 0. The number of benzene rings is 1. The molecule has 2 atom stereocenters. The summed E-state index contributed by atoms with van der Waals surface area (Å²) in [6.07, 6.45) is 3.66. The Labute approximate surface area is 179 Å². The van der Waals surface area contributed by atoms with Crippen LogP contribution >= 0.6 is 27.5 Å². The summed E-state index contributed by atoms with van der Waals surface area (Å²) in [5.74, 6) is 0.323. The standard InChI is InChI=1S/C19H17BrClF2N3O3/c20-16-7-11(8-24-17(16)26-13-3-4-14(26)10-28-9-13)18(27)25-12-1-5-15(6-2-12)29-19(21,22)23/h1-2,5-8,13-14H,3-4,9-10H2,(H,25,27). The molecule has 4 rings (SSSR count). The fraction of sp³-hybridized carbons (Fsp3) is 0.368. The zero-order chi connectivity index (χ0) is 20.6. The molecular formula is C19H17BrClF2N3O3. The molecule has 1 aromatic carbocycles. The van der Waals surface area contributed by atoms with Crippen molar-refractivity contribution in [3.05, 3.63) is 46.6 Å². The van der Waals surface area contributed by atoms with Gasteiger partial charge in [0.25, 0.3) is 5.91 Å². The zero-order valence-electron chi connectivity index (χ0n) is 15.1. The Bertz CT molecular complexity index is 895. The molecule has 0 radical (unpaired) electrons. The van der Waals surface area contributed by atoms with Crippen molar-refractivity contribution in [3.63, 3.8) is 0 Å². The van der Waals surface area contributed by atoms with Gasteiger partial charge in [0, 0.05) is 23.5 Å². The predicted octanol–water partition coefficient (Wildman–Crippen LogP) is 4.63. The number of ether oxygens (including phenoxy) is 2. The maximum Gasteiger partial charge on any atom is 0.487 e. The summed E-state index contributed by atoms with van der Waals surface area (Å²) < 4.78 is 35.9. The van der Waals surface area contributed by atoms with Gasteiger partial charge in [-0.15, -0.1) is 8.78 Å². The third-order valence-corrected chi connectivity index (χ3v) is 5.58. The normalized spacial score (nSPS) is 21.2. The number of amides is 1. The maximum absolute atomic E-state index is 12.6. The lowest BCUT2D eigenvalue weighted by atomic mass is 10.2. The number of aromatic nitrogens is 1. The van der Waals surface area contributed by atoms with Crippen molar-refractivity contribution in [2.75, 3.05) is 23.4 Å². The van der Waals surface area contributed by atoms with Crippen molar-refractivity contribution in [2.45, 2.75) is 30.5 Å². The number of rotatable bonds is 5. The first-order valence-electron chi connectivity index (χ1n) is 8.99. The van der Waals surface area contributed by atoms with Crippen LogP contribution in [0.5, 0.6) is 5.75 Å². The molecule has 2 bridgehead atoms. The van der Waals surface area contributed by atoms with Crippen molar-refractivity contribution < 1.29 is 23.0 Å². The molecule has 6 nitrogen and oxygen atoms in total. The maximum atomic E-state index is 12.6. The SMILES string of the molecule is O=C(Nc1ccc(OC(F)(F)Cl)cc1)c1cnc(N2C3CCC2COC3)c(Br)c1. The Balaban J connectivity index is 1.45. The van der Waals surface area contributed by atoms with E-state index in [9.17, 15) is 13.6 Å². The smallest absolute Gasteiger partial charge is 0.420 e. The lowest BCUT2D eigenvalue weighted by Crippen LogP contribution is -2.46. The Kier molecular flexibility index (Phi) is 5.63. The minimum atomic E-state index is -3.79. The molecule has 2 aromatic rings. The van der Waals surface area contributed by atoms with E-state index in [1.54, 1.807) is 6.07 Å². The van der Waals surface area contributed by atoms with Gasteiger partial charge < -0.3 is 19.7 Å². The largest absolute Gasteiger partial charge is 0.487 e. The van der Waals surface area contributed by atoms with Crippen molar-refractivity contribution in [3.8, 4) is 5.75 Å². The van der Waals surface area contributed by atoms with Crippen LogP contribution in [0.3, 0.4) is 0 Å². The molecule has 0 spiro atoms. The highest BCUT2D eigenvalue weighted by molar-refractivity contribution is 9.10. The van der Waals surface area contributed by atoms with Gasteiger partial charge >= 0.3 is 5.57 Å². The van der Waals surface area contributed by atoms with Gasteiger partial charge in [-0.1, -0.05) is 0 Å². The fourth-order valence-corrected chi connectivity index (χ4v) is 4.31. The van der Waals surface area contributed by atoms with Crippen molar-refractivity contribution in [2.24, 2.45) is 0 Å². The van der Waals surface area contributed by atoms with Gasteiger partial charge in [0.2, 0.25) is 0 Å². The average molecular weight is 489 g/mol. The van der Waals surface area contributed by atoms with Gasteiger partial charge in [0.05, 0.1) is 35.3 Å². The molecule has 2 aliphatic heterocycles. The second-order valence-electron chi connectivity index (χ2n) is 6.89. The van der Waals surface area contributed by atoms with Crippen LogP contribution in [0.4, 0.5) is 20.3 Å². The molecular weight excluding hydrogens is 472 g/mol. The van der Waals surface area contributed by atoms with E-state index >= 15 is 0 Å². The van der Waals surface area contributed by atoms with Crippen LogP contribution in [0.25, 0.3) is 0 Å². The van der Waals surface area contributed by atoms with Crippen LogP contribution in [0.15, 0.2) is 41.0 Å². The van der Waals surface area contributed by atoms with Gasteiger partial charge in [0.15, 0.2) is 0 Å². The number of hydrogen-bond acceptors (Lipinski definition) is 5.